The summed E-state index contributed by atoms with van der Waals surface area (Å²) in [5.74, 6) is 0.0455. The van der Waals surface area contributed by atoms with Crippen molar-refractivity contribution < 1.29 is 9.72 Å². The summed E-state index contributed by atoms with van der Waals surface area (Å²) in [6.45, 7) is 5.83. The highest BCUT2D eigenvalue weighted by atomic mass is 16.6. The number of aryl methyl sites for hydroxylation is 1. The van der Waals surface area contributed by atoms with Gasteiger partial charge in [-0.05, 0) is 36.1 Å². The second kappa shape index (κ2) is 7.50. The summed E-state index contributed by atoms with van der Waals surface area (Å²) in [6.07, 6.45) is 1.56. The zero-order valence-corrected chi connectivity index (χ0v) is 13.8. The van der Waals surface area contributed by atoms with E-state index in [1.54, 1.807) is 13.1 Å². The van der Waals surface area contributed by atoms with Crippen LogP contribution in [-0.2, 0) is 0 Å². The van der Waals surface area contributed by atoms with Crippen LogP contribution >= 0.6 is 0 Å². The van der Waals surface area contributed by atoms with Crippen LogP contribution in [0.2, 0.25) is 0 Å². The van der Waals surface area contributed by atoms with Crippen LogP contribution in [0.3, 0.4) is 0 Å². The fourth-order valence-corrected chi connectivity index (χ4v) is 2.20. The SMILES string of the molecule is Cc1cc(C(=O)NN=Cc2ccc(C(C)C)cc2)ccc1[N+](=O)[O-]. The highest BCUT2D eigenvalue weighted by Gasteiger charge is 2.13. The van der Waals surface area contributed by atoms with Crippen LogP contribution in [0.1, 0.15) is 46.8 Å². The zero-order valence-electron chi connectivity index (χ0n) is 13.8. The van der Waals surface area contributed by atoms with Gasteiger partial charge in [0.2, 0.25) is 0 Å². The first kappa shape index (κ1) is 17.3. The first-order valence-corrected chi connectivity index (χ1v) is 7.57. The van der Waals surface area contributed by atoms with E-state index < -0.39 is 10.8 Å². The fraction of sp³-hybridized carbons (Fsp3) is 0.222. The molecule has 0 heterocycles. The molecule has 0 atom stereocenters. The summed E-state index contributed by atoms with van der Waals surface area (Å²) in [4.78, 5) is 22.3. The van der Waals surface area contributed by atoms with Crippen LogP contribution in [0.15, 0.2) is 47.6 Å². The number of amides is 1. The molecule has 0 unspecified atom stereocenters. The van der Waals surface area contributed by atoms with Crippen LogP contribution in [0.4, 0.5) is 5.69 Å². The number of hydrogen-bond donors (Lipinski definition) is 1. The molecule has 1 N–H and O–H groups in total. The van der Waals surface area contributed by atoms with Crippen molar-refractivity contribution in [3.8, 4) is 0 Å². The Morgan fingerprint density at radius 3 is 2.42 bits per heavy atom. The summed E-state index contributed by atoms with van der Waals surface area (Å²) in [6, 6.07) is 12.1. The quantitative estimate of drug-likeness (QED) is 0.515. The van der Waals surface area contributed by atoms with E-state index in [1.807, 2.05) is 24.3 Å². The maximum Gasteiger partial charge on any atom is 0.272 e. The third kappa shape index (κ3) is 4.25. The van der Waals surface area contributed by atoms with E-state index in [9.17, 15) is 14.9 Å². The molecule has 0 aromatic heterocycles. The van der Waals surface area contributed by atoms with Gasteiger partial charge in [0.1, 0.15) is 0 Å². The molecule has 0 saturated carbocycles. The highest BCUT2D eigenvalue weighted by Crippen LogP contribution is 2.18. The Bertz CT molecular complexity index is 781. The summed E-state index contributed by atoms with van der Waals surface area (Å²) in [5.41, 5.74) is 5.27. The molecule has 2 aromatic carbocycles. The molecule has 0 fully saturated rings. The van der Waals surface area contributed by atoms with Gasteiger partial charge < -0.3 is 0 Å². The van der Waals surface area contributed by atoms with Crippen LogP contribution in [-0.4, -0.2) is 17.0 Å². The second-order valence-corrected chi connectivity index (χ2v) is 5.78. The van der Waals surface area contributed by atoms with Crippen LogP contribution in [0.5, 0.6) is 0 Å². The van der Waals surface area contributed by atoms with Gasteiger partial charge in [-0.3, -0.25) is 14.9 Å². The van der Waals surface area contributed by atoms with Crippen molar-refractivity contribution in [3.63, 3.8) is 0 Å². The van der Waals surface area contributed by atoms with Crippen LogP contribution in [0.25, 0.3) is 0 Å². The first-order chi connectivity index (χ1) is 11.4. The molecule has 0 aliphatic heterocycles. The standard InChI is InChI=1S/C18H19N3O3/c1-12(2)15-6-4-14(5-7-15)11-19-20-18(22)16-8-9-17(21(23)24)13(3)10-16/h4-12H,1-3H3,(H,20,22). The van der Waals surface area contributed by atoms with Crippen molar-refractivity contribution in [1.29, 1.82) is 0 Å². The molecule has 6 nitrogen and oxygen atoms in total. The zero-order chi connectivity index (χ0) is 17.7. The Kier molecular flexibility index (Phi) is 5.42. The van der Waals surface area contributed by atoms with Gasteiger partial charge in [-0.25, -0.2) is 5.43 Å². The van der Waals surface area contributed by atoms with Crippen molar-refractivity contribution in [2.45, 2.75) is 26.7 Å². The number of nitro benzene ring substituents is 1. The summed E-state index contributed by atoms with van der Waals surface area (Å²) in [7, 11) is 0. The Labute approximate surface area is 140 Å². The minimum atomic E-state index is -0.476. The molecule has 0 saturated heterocycles. The maximum atomic E-state index is 12.0. The van der Waals surface area contributed by atoms with Crippen LogP contribution < -0.4 is 5.43 Å². The average Bonchev–Trinajstić information content (AvgIpc) is 2.54. The summed E-state index contributed by atoms with van der Waals surface area (Å²) >= 11 is 0. The number of carbonyl (C=O) groups is 1. The molecule has 124 valence electrons. The lowest BCUT2D eigenvalue weighted by Gasteiger charge is -2.04. The molecule has 2 aromatic rings. The van der Waals surface area contributed by atoms with E-state index >= 15 is 0 Å². The molecule has 24 heavy (non-hydrogen) atoms. The van der Waals surface area contributed by atoms with Crippen molar-refractivity contribution >= 4 is 17.8 Å². The van der Waals surface area contributed by atoms with Gasteiger partial charge in [0.25, 0.3) is 11.6 Å². The molecule has 0 aliphatic carbocycles. The Balaban J connectivity index is 2.02. The Morgan fingerprint density at radius 2 is 1.88 bits per heavy atom. The van der Waals surface area contributed by atoms with Gasteiger partial charge in [0.05, 0.1) is 11.1 Å². The lowest BCUT2D eigenvalue weighted by molar-refractivity contribution is -0.385. The normalized spacial score (nSPS) is 11.0. The van der Waals surface area contributed by atoms with Crippen molar-refractivity contribution in [3.05, 3.63) is 74.8 Å². The molecular formula is C18H19N3O3. The monoisotopic (exact) mass is 325 g/mol. The largest absolute Gasteiger partial charge is 0.272 e. The molecule has 6 heteroatoms. The van der Waals surface area contributed by atoms with Crippen LogP contribution in [0, 0.1) is 17.0 Å². The number of hydrogen-bond acceptors (Lipinski definition) is 4. The van der Waals surface area contributed by atoms with Crippen molar-refractivity contribution in [1.82, 2.24) is 5.43 Å². The topological polar surface area (TPSA) is 84.6 Å². The van der Waals surface area contributed by atoms with E-state index in [-0.39, 0.29) is 5.69 Å². The number of rotatable bonds is 5. The smallest absolute Gasteiger partial charge is 0.267 e. The number of carbonyl (C=O) groups excluding carboxylic acids is 1. The van der Waals surface area contributed by atoms with Gasteiger partial charge in [0.15, 0.2) is 0 Å². The van der Waals surface area contributed by atoms with E-state index in [0.29, 0.717) is 17.0 Å². The van der Waals surface area contributed by atoms with E-state index in [1.165, 1.54) is 23.8 Å². The molecule has 2 rings (SSSR count). The molecule has 0 radical (unpaired) electrons. The summed E-state index contributed by atoms with van der Waals surface area (Å²) in [5, 5.41) is 14.7. The maximum absolute atomic E-state index is 12.0. The van der Waals surface area contributed by atoms with E-state index in [4.69, 9.17) is 0 Å². The predicted molar refractivity (Wildman–Crippen MR) is 93.4 cm³/mol. The Morgan fingerprint density at radius 1 is 1.21 bits per heavy atom. The minimum absolute atomic E-state index is 0.0136. The number of nitrogens with one attached hydrogen (secondary N) is 1. The van der Waals surface area contributed by atoms with Gasteiger partial charge in [0, 0.05) is 17.2 Å². The lowest BCUT2D eigenvalue weighted by atomic mass is 10.0. The molecule has 0 aliphatic rings. The molecule has 1 amide bonds. The number of benzene rings is 2. The summed E-state index contributed by atoms with van der Waals surface area (Å²) < 4.78 is 0. The minimum Gasteiger partial charge on any atom is -0.267 e. The highest BCUT2D eigenvalue weighted by molar-refractivity contribution is 5.95. The van der Waals surface area contributed by atoms with Gasteiger partial charge in [-0.1, -0.05) is 38.1 Å². The van der Waals surface area contributed by atoms with Crippen molar-refractivity contribution in [2.24, 2.45) is 5.10 Å². The third-order valence-corrected chi connectivity index (χ3v) is 3.64. The number of nitrogens with zero attached hydrogens (tertiary/aromatic N) is 2. The van der Waals surface area contributed by atoms with Gasteiger partial charge in [-0.2, -0.15) is 5.10 Å². The number of nitro groups is 1. The third-order valence-electron chi connectivity index (χ3n) is 3.64. The second-order valence-electron chi connectivity index (χ2n) is 5.78. The van der Waals surface area contributed by atoms with E-state index in [2.05, 4.69) is 24.4 Å². The lowest BCUT2D eigenvalue weighted by Crippen LogP contribution is -2.17. The fourth-order valence-electron chi connectivity index (χ4n) is 2.20. The Hall–Kier alpha value is -3.02. The average molecular weight is 325 g/mol. The molecule has 0 spiro atoms. The first-order valence-electron chi connectivity index (χ1n) is 7.57. The predicted octanol–water partition coefficient (Wildman–Crippen LogP) is 3.79. The molecule has 0 bridgehead atoms. The van der Waals surface area contributed by atoms with Gasteiger partial charge in [-0.15, -0.1) is 0 Å². The van der Waals surface area contributed by atoms with Gasteiger partial charge >= 0.3 is 0 Å². The number of hydrazone groups is 1. The van der Waals surface area contributed by atoms with E-state index in [0.717, 1.165) is 5.56 Å². The molecular weight excluding hydrogens is 306 g/mol. The van der Waals surface area contributed by atoms with Crippen molar-refractivity contribution in [2.75, 3.05) is 0 Å².